The molecule has 0 atom stereocenters. The summed E-state index contributed by atoms with van der Waals surface area (Å²) in [5, 5.41) is 3.05. The van der Waals surface area contributed by atoms with E-state index in [1.807, 2.05) is 30.3 Å². The molecule has 0 N–H and O–H groups in total. The van der Waals surface area contributed by atoms with Gasteiger partial charge in [0.05, 0.1) is 25.6 Å². The van der Waals surface area contributed by atoms with Crippen molar-refractivity contribution in [1.82, 2.24) is 14.9 Å². The predicted molar refractivity (Wildman–Crippen MR) is 100 cm³/mol. The Kier molecular flexibility index (Phi) is 5.63. The number of thiazole rings is 1. The highest BCUT2D eigenvalue weighted by molar-refractivity contribution is 7.13. The normalized spacial score (nSPS) is 10.9. The van der Waals surface area contributed by atoms with E-state index in [1.165, 1.54) is 5.56 Å². The summed E-state index contributed by atoms with van der Waals surface area (Å²) in [5.74, 6) is 1.49. The summed E-state index contributed by atoms with van der Waals surface area (Å²) in [5.41, 5.74) is 3.13. The average Bonchev–Trinajstić information content (AvgIpc) is 3.10. The summed E-state index contributed by atoms with van der Waals surface area (Å²) in [7, 11) is 5.38. The third kappa shape index (κ3) is 4.35. The monoisotopic (exact) mass is 355 g/mol. The van der Waals surface area contributed by atoms with E-state index >= 15 is 0 Å². The Morgan fingerprint density at radius 3 is 2.60 bits per heavy atom. The van der Waals surface area contributed by atoms with Crippen LogP contribution in [-0.2, 0) is 13.1 Å². The molecule has 0 unspecified atom stereocenters. The lowest BCUT2D eigenvalue weighted by atomic mass is 10.2. The average molecular weight is 355 g/mol. The molecule has 130 valence electrons. The summed E-state index contributed by atoms with van der Waals surface area (Å²) < 4.78 is 10.7. The molecule has 2 heterocycles. The third-order valence-corrected chi connectivity index (χ3v) is 4.68. The molecule has 1 aromatic carbocycles. The Bertz CT molecular complexity index is 821. The highest BCUT2D eigenvalue weighted by atomic mass is 32.1. The van der Waals surface area contributed by atoms with Crippen molar-refractivity contribution in [3.05, 3.63) is 59.2 Å². The Morgan fingerprint density at radius 2 is 1.88 bits per heavy atom. The Labute approximate surface area is 151 Å². The van der Waals surface area contributed by atoms with Crippen molar-refractivity contribution in [2.45, 2.75) is 13.1 Å². The molecular weight excluding hydrogens is 334 g/mol. The minimum atomic E-state index is 0.744. The SMILES string of the molecule is COc1ccc(CN(C)Cc2csc(-c3ccccn3)n2)cc1OC. The number of ether oxygens (including phenoxy) is 2. The van der Waals surface area contributed by atoms with Crippen molar-refractivity contribution in [1.29, 1.82) is 0 Å². The maximum atomic E-state index is 5.37. The van der Waals surface area contributed by atoms with Gasteiger partial charge in [-0.1, -0.05) is 12.1 Å². The molecule has 0 spiro atoms. The highest BCUT2D eigenvalue weighted by Gasteiger charge is 2.10. The Hall–Kier alpha value is -2.44. The zero-order valence-electron chi connectivity index (χ0n) is 14.6. The number of hydrogen-bond acceptors (Lipinski definition) is 6. The van der Waals surface area contributed by atoms with Gasteiger partial charge in [-0.3, -0.25) is 9.88 Å². The van der Waals surface area contributed by atoms with E-state index in [-0.39, 0.29) is 0 Å². The zero-order chi connectivity index (χ0) is 17.6. The summed E-state index contributed by atoms with van der Waals surface area (Å²) in [6.07, 6.45) is 1.79. The maximum Gasteiger partial charge on any atom is 0.161 e. The fourth-order valence-corrected chi connectivity index (χ4v) is 3.40. The lowest BCUT2D eigenvalue weighted by molar-refractivity contribution is 0.313. The number of hydrogen-bond donors (Lipinski definition) is 0. The van der Waals surface area contributed by atoms with Crippen molar-refractivity contribution >= 4 is 11.3 Å². The first-order valence-electron chi connectivity index (χ1n) is 7.95. The molecule has 0 aliphatic rings. The van der Waals surface area contributed by atoms with Gasteiger partial charge >= 0.3 is 0 Å². The number of nitrogens with zero attached hydrogens (tertiary/aromatic N) is 3. The summed E-state index contributed by atoms with van der Waals surface area (Å²) in [6.45, 7) is 1.58. The van der Waals surface area contributed by atoms with Crippen LogP contribution in [0, 0.1) is 0 Å². The molecule has 3 rings (SSSR count). The van der Waals surface area contributed by atoms with Crippen molar-refractivity contribution in [3.8, 4) is 22.2 Å². The predicted octanol–water partition coefficient (Wildman–Crippen LogP) is 3.85. The van der Waals surface area contributed by atoms with Gasteiger partial charge in [-0.25, -0.2) is 4.98 Å². The van der Waals surface area contributed by atoms with Gasteiger partial charge in [-0.2, -0.15) is 0 Å². The van der Waals surface area contributed by atoms with Gasteiger partial charge in [0.25, 0.3) is 0 Å². The second-order valence-electron chi connectivity index (χ2n) is 5.72. The molecule has 3 aromatic rings. The second kappa shape index (κ2) is 8.09. The van der Waals surface area contributed by atoms with Gasteiger partial charge in [0, 0.05) is 24.7 Å². The minimum Gasteiger partial charge on any atom is -0.493 e. The molecule has 5 nitrogen and oxygen atoms in total. The van der Waals surface area contributed by atoms with E-state index in [1.54, 1.807) is 31.8 Å². The van der Waals surface area contributed by atoms with Crippen LogP contribution in [0.3, 0.4) is 0 Å². The summed E-state index contributed by atoms with van der Waals surface area (Å²) in [6, 6.07) is 11.9. The fourth-order valence-electron chi connectivity index (χ4n) is 2.61. The van der Waals surface area contributed by atoms with Gasteiger partial charge in [0.1, 0.15) is 5.01 Å². The van der Waals surface area contributed by atoms with Crippen LogP contribution in [0.4, 0.5) is 0 Å². The van der Waals surface area contributed by atoms with Crippen LogP contribution in [0.15, 0.2) is 48.0 Å². The van der Waals surface area contributed by atoms with Crippen LogP contribution >= 0.6 is 11.3 Å². The molecule has 0 saturated heterocycles. The number of rotatable bonds is 7. The van der Waals surface area contributed by atoms with Gasteiger partial charge in [-0.05, 0) is 36.9 Å². The second-order valence-corrected chi connectivity index (χ2v) is 6.58. The lowest BCUT2D eigenvalue weighted by Gasteiger charge is -2.16. The van der Waals surface area contributed by atoms with Crippen LogP contribution in [0.1, 0.15) is 11.3 Å². The topological polar surface area (TPSA) is 47.5 Å². The largest absolute Gasteiger partial charge is 0.493 e. The summed E-state index contributed by atoms with van der Waals surface area (Å²) >= 11 is 1.63. The molecule has 0 aliphatic heterocycles. The quantitative estimate of drug-likeness (QED) is 0.644. The zero-order valence-corrected chi connectivity index (χ0v) is 15.4. The summed E-state index contributed by atoms with van der Waals surface area (Å²) in [4.78, 5) is 11.3. The van der Waals surface area contributed by atoms with Crippen LogP contribution in [0.2, 0.25) is 0 Å². The van der Waals surface area contributed by atoms with Crippen molar-refractivity contribution in [2.75, 3.05) is 21.3 Å². The van der Waals surface area contributed by atoms with Crippen LogP contribution in [0.25, 0.3) is 10.7 Å². The Balaban J connectivity index is 1.65. The smallest absolute Gasteiger partial charge is 0.161 e. The standard InChI is InChI=1S/C19H21N3O2S/c1-22(11-14-7-8-17(23-2)18(10-14)24-3)12-15-13-25-19(21-15)16-6-4-5-9-20-16/h4-10,13H,11-12H2,1-3H3. The fraction of sp³-hybridized carbons (Fsp3) is 0.263. The van der Waals surface area contributed by atoms with E-state index in [0.717, 1.165) is 41.0 Å². The van der Waals surface area contributed by atoms with Gasteiger partial charge in [-0.15, -0.1) is 11.3 Å². The van der Waals surface area contributed by atoms with E-state index in [2.05, 4.69) is 28.4 Å². The van der Waals surface area contributed by atoms with Crippen molar-refractivity contribution < 1.29 is 9.47 Å². The molecule has 0 bridgehead atoms. The van der Waals surface area contributed by atoms with E-state index < -0.39 is 0 Å². The van der Waals surface area contributed by atoms with E-state index in [0.29, 0.717) is 0 Å². The molecule has 0 aliphatic carbocycles. The molecule has 0 radical (unpaired) electrons. The highest BCUT2D eigenvalue weighted by Crippen LogP contribution is 2.28. The number of aromatic nitrogens is 2. The molecule has 6 heteroatoms. The molecular formula is C19H21N3O2S. The van der Waals surface area contributed by atoms with E-state index in [9.17, 15) is 0 Å². The number of pyridine rings is 1. The molecule has 2 aromatic heterocycles. The Morgan fingerprint density at radius 1 is 1.04 bits per heavy atom. The van der Waals surface area contributed by atoms with Crippen LogP contribution < -0.4 is 9.47 Å². The lowest BCUT2D eigenvalue weighted by Crippen LogP contribution is -2.17. The maximum absolute atomic E-state index is 5.37. The first-order valence-corrected chi connectivity index (χ1v) is 8.83. The first-order chi connectivity index (χ1) is 12.2. The minimum absolute atomic E-state index is 0.744. The third-order valence-electron chi connectivity index (χ3n) is 3.77. The van der Waals surface area contributed by atoms with E-state index in [4.69, 9.17) is 14.5 Å². The number of methoxy groups -OCH3 is 2. The molecule has 0 amide bonds. The van der Waals surface area contributed by atoms with Crippen LogP contribution in [0.5, 0.6) is 11.5 Å². The van der Waals surface area contributed by atoms with Gasteiger partial charge in [0.15, 0.2) is 11.5 Å². The van der Waals surface area contributed by atoms with Gasteiger partial charge < -0.3 is 9.47 Å². The van der Waals surface area contributed by atoms with Crippen molar-refractivity contribution in [2.24, 2.45) is 0 Å². The molecule has 0 fully saturated rings. The first kappa shape index (κ1) is 17.4. The molecule has 0 saturated carbocycles. The van der Waals surface area contributed by atoms with Crippen LogP contribution in [-0.4, -0.2) is 36.1 Å². The van der Waals surface area contributed by atoms with Gasteiger partial charge in [0.2, 0.25) is 0 Å². The van der Waals surface area contributed by atoms with Crippen molar-refractivity contribution in [3.63, 3.8) is 0 Å². The number of benzene rings is 1. The molecule has 25 heavy (non-hydrogen) atoms.